The summed E-state index contributed by atoms with van der Waals surface area (Å²) in [7, 11) is 0. The molecular formula is C21H37NO5. The smallest absolute Gasteiger partial charge is 0.344 e. The van der Waals surface area contributed by atoms with Gasteiger partial charge in [0.05, 0.1) is 17.9 Å². The van der Waals surface area contributed by atoms with Gasteiger partial charge < -0.3 is 20.2 Å². The van der Waals surface area contributed by atoms with E-state index in [-0.39, 0.29) is 24.0 Å². The van der Waals surface area contributed by atoms with E-state index in [2.05, 4.69) is 12.1 Å². The Hall–Kier alpha value is -1.14. The molecule has 0 heterocycles. The molecule has 2 aliphatic rings. The normalized spacial score (nSPS) is 29.4. The zero-order valence-electron chi connectivity index (χ0n) is 16.7. The second kappa shape index (κ2) is 11.6. The molecular weight excluding hydrogens is 346 g/mol. The van der Waals surface area contributed by atoms with Gasteiger partial charge in [-0.05, 0) is 43.9 Å². The molecule has 3 N–H and O–H groups in total. The Morgan fingerprint density at radius 3 is 2.59 bits per heavy atom. The standard InChI is InChI=1S/C21H37NO5/c1-2-3-4-5-6-7-8-9-15(23)10-11-16-17-12-19(18(17)13-20(16)24)22-27-14-21(25)26/h15-18,20,23-24H,2-14H2,1H3,(H,25,26)/b22-19-. The monoisotopic (exact) mass is 383 g/mol. The number of rotatable bonds is 14. The first-order valence-corrected chi connectivity index (χ1v) is 10.8. The maximum atomic E-state index is 10.5. The van der Waals surface area contributed by atoms with Crippen molar-refractivity contribution in [3.05, 3.63) is 0 Å². The van der Waals surface area contributed by atoms with Gasteiger partial charge in [0.1, 0.15) is 0 Å². The van der Waals surface area contributed by atoms with Gasteiger partial charge in [0.15, 0.2) is 0 Å². The minimum Gasteiger partial charge on any atom is -0.479 e. The second-order valence-electron chi connectivity index (χ2n) is 8.33. The molecule has 2 aliphatic carbocycles. The fourth-order valence-electron chi connectivity index (χ4n) is 4.65. The fourth-order valence-corrected chi connectivity index (χ4v) is 4.65. The van der Waals surface area contributed by atoms with Crippen LogP contribution < -0.4 is 0 Å². The second-order valence-corrected chi connectivity index (χ2v) is 8.33. The van der Waals surface area contributed by atoms with E-state index in [9.17, 15) is 15.0 Å². The molecule has 0 spiro atoms. The maximum absolute atomic E-state index is 10.5. The van der Waals surface area contributed by atoms with Gasteiger partial charge in [0, 0.05) is 5.92 Å². The topological polar surface area (TPSA) is 99.4 Å². The van der Waals surface area contributed by atoms with Crippen molar-refractivity contribution < 1.29 is 25.0 Å². The van der Waals surface area contributed by atoms with Gasteiger partial charge in [-0.25, -0.2) is 4.79 Å². The average molecular weight is 384 g/mol. The van der Waals surface area contributed by atoms with E-state index in [0.29, 0.717) is 12.3 Å². The van der Waals surface area contributed by atoms with Crippen molar-refractivity contribution in [2.24, 2.45) is 22.9 Å². The van der Waals surface area contributed by atoms with Crippen LogP contribution in [-0.4, -0.2) is 45.8 Å². The van der Waals surface area contributed by atoms with E-state index in [1.54, 1.807) is 0 Å². The molecule has 27 heavy (non-hydrogen) atoms. The number of aliphatic hydroxyl groups excluding tert-OH is 2. The molecule has 5 atom stereocenters. The first-order valence-electron chi connectivity index (χ1n) is 10.8. The number of aliphatic carboxylic acids is 1. The third-order valence-electron chi connectivity index (χ3n) is 6.27. The number of carboxylic acids is 1. The van der Waals surface area contributed by atoms with Gasteiger partial charge in [-0.1, -0.05) is 57.0 Å². The van der Waals surface area contributed by atoms with Crippen LogP contribution in [0.25, 0.3) is 0 Å². The van der Waals surface area contributed by atoms with Gasteiger partial charge in [0.25, 0.3) is 0 Å². The van der Waals surface area contributed by atoms with Crippen LogP contribution >= 0.6 is 0 Å². The number of oxime groups is 1. The summed E-state index contributed by atoms with van der Waals surface area (Å²) >= 11 is 0. The van der Waals surface area contributed by atoms with Crippen LogP contribution in [0.15, 0.2) is 5.16 Å². The molecule has 0 aromatic carbocycles. The lowest BCUT2D eigenvalue weighted by molar-refractivity contribution is -0.142. The van der Waals surface area contributed by atoms with E-state index < -0.39 is 12.6 Å². The summed E-state index contributed by atoms with van der Waals surface area (Å²) in [6.45, 7) is 1.81. The van der Waals surface area contributed by atoms with Crippen LogP contribution in [0.2, 0.25) is 0 Å². The summed E-state index contributed by atoms with van der Waals surface area (Å²) in [5.74, 6) is -0.191. The van der Waals surface area contributed by atoms with Gasteiger partial charge >= 0.3 is 5.97 Å². The van der Waals surface area contributed by atoms with Crippen molar-refractivity contribution >= 4 is 11.7 Å². The molecule has 0 radical (unpaired) electrons. The lowest BCUT2D eigenvalue weighted by atomic mass is 9.70. The molecule has 5 unspecified atom stereocenters. The van der Waals surface area contributed by atoms with Crippen LogP contribution in [0.4, 0.5) is 0 Å². The molecule has 0 aromatic heterocycles. The summed E-state index contributed by atoms with van der Waals surface area (Å²) < 4.78 is 0. The van der Waals surface area contributed by atoms with Gasteiger partial charge in [0.2, 0.25) is 6.61 Å². The van der Waals surface area contributed by atoms with Crippen molar-refractivity contribution in [1.82, 2.24) is 0 Å². The molecule has 2 rings (SSSR count). The zero-order valence-corrected chi connectivity index (χ0v) is 16.7. The van der Waals surface area contributed by atoms with E-state index in [1.165, 1.54) is 38.5 Å². The predicted octanol–water partition coefficient (Wildman–Crippen LogP) is 3.74. The Labute approximate surface area is 163 Å². The molecule has 2 saturated carbocycles. The number of carbonyl (C=O) groups is 1. The van der Waals surface area contributed by atoms with Crippen LogP contribution in [0.5, 0.6) is 0 Å². The quantitative estimate of drug-likeness (QED) is 0.313. The van der Waals surface area contributed by atoms with Crippen LogP contribution in [-0.2, 0) is 9.63 Å². The molecule has 2 fully saturated rings. The first kappa shape index (κ1) is 22.2. The van der Waals surface area contributed by atoms with Gasteiger partial charge in [-0.15, -0.1) is 0 Å². The molecule has 0 saturated heterocycles. The minimum absolute atomic E-state index is 0.220. The Balaban J connectivity index is 1.59. The molecule has 6 nitrogen and oxygen atoms in total. The van der Waals surface area contributed by atoms with E-state index in [0.717, 1.165) is 37.8 Å². The number of hydrogen-bond acceptors (Lipinski definition) is 5. The molecule has 0 aromatic rings. The van der Waals surface area contributed by atoms with E-state index >= 15 is 0 Å². The molecule has 6 heteroatoms. The van der Waals surface area contributed by atoms with Crippen molar-refractivity contribution in [1.29, 1.82) is 0 Å². The molecule has 0 amide bonds. The third kappa shape index (κ3) is 7.07. The fraction of sp³-hybridized carbons (Fsp3) is 0.905. The molecule has 0 bridgehead atoms. The Kier molecular flexibility index (Phi) is 9.56. The summed E-state index contributed by atoms with van der Waals surface area (Å²) in [5.41, 5.74) is 0.881. The number of hydrogen-bond donors (Lipinski definition) is 3. The van der Waals surface area contributed by atoms with Crippen LogP contribution in [0.3, 0.4) is 0 Å². The Morgan fingerprint density at radius 2 is 1.89 bits per heavy atom. The lowest BCUT2D eigenvalue weighted by Gasteiger charge is -2.35. The van der Waals surface area contributed by atoms with Crippen LogP contribution in [0.1, 0.15) is 84.0 Å². The summed E-state index contributed by atoms with van der Waals surface area (Å²) in [4.78, 5) is 15.3. The van der Waals surface area contributed by atoms with Gasteiger partial charge in [-0.3, -0.25) is 0 Å². The van der Waals surface area contributed by atoms with E-state index in [4.69, 9.17) is 9.94 Å². The van der Waals surface area contributed by atoms with Crippen LogP contribution in [0, 0.1) is 17.8 Å². The summed E-state index contributed by atoms with van der Waals surface area (Å²) in [5, 5.41) is 33.1. The predicted molar refractivity (Wildman–Crippen MR) is 105 cm³/mol. The largest absolute Gasteiger partial charge is 0.479 e. The van der Waals surface area contributed by atoms with Crippen molar-refractivity contribution in [3.8, 4) is 0 Å². The Bertz CT molecular complexity index is 481. The first-order chi connectivity index (χ1) is 13.0. The van der Waals surface area contributed by atoms with Crippen molar-refractivity contribution in [2.75, 3.05) is 6.61 Å². The number of nitrogens with zero attached hydrogens (tertiary/aromatic N) is 1. The lowest BCUT2D eigenvalue weighted by Crippen LogP contribution is -2.37. The molecule has 0 aliphatic heterocycles. The van der Waals surface area contributed by atoms with Gasteiger partial charge in [-0.2, -0.15) is 0 Å². The van der Waals surface area contributed by atoms with Crippen molar-refractivity contribution in [2.45, 2.75) is 96.2 Å². The maximum Gasteiger partial charge on any atom is 0.344 e. The third-order valence-corrected chi connectivity index (χ3v) is 6.27. The zero-order chi connectivity index (χ0) is 19.6. The number of fused-ring (bicyclic) bond motifs is 1. The highest BCUT2D eigenvalue weighted by Gasteiger charge is 2.51. The minimum atomic E-state index is -1.03. The SMILES string of the molecule is CCCCCCCCCC(O)CCC1C(O)CC2/C(=N\OCC(=O)O)CC21. The van der Waals surface area contributed by atoms with E-state index in [1.807, 2.05) is 0 Å². The highest BCUT2D eigenvalue weighted by Crippen LogP contribution is 2.50. The highest BCUT2D eigenvalue weighted by molar-refractivity contribution is 5.93. The molecule has 156 valence electrons. The number of unbranched alkanes of at least 4 members (excludes halogenated alkanes) is 6. The van der Waals surface area contributed by atoms with Crippen molar-refractivity contribution in [3.63, 3.8) is 0 Å². The average Bonchev–Trinajstić information content (AvgIpc) is 2.86. The highest BCUT2D eigenvalue weighted by atomic mass is 16.6. The number of carboxylic acid groups (broad SMARTS) is 1. The Morgan fingerprint density at radius 1 is 1.19 bits per heavy atom. The summed E-state index contributed by atoms with van der Waals surface area (Å²) in [6, 6.07) is 0. The number of aliphatic hydroxyl groups is 2. The summed E-state index contributed by atoms with van der Waals surface area (Å²) in [6.07, 6.45) is 12.1.